The number of hydrogen-bond acceptors (Lipinski definition) is 1. The van der Waals surface area contributed by atoms with E-state index in [1.54, 1.807) is 0 Å². The molecule has 0 aromatic heterocycles. The molecule has 0 radical (unpaired) electrons. The van der Waals surface area contributed by atoms with Gasteiger partial charge in [-0.25, -0.2) is 0 Å². The molecule has 0 N–H and O–H groups in total. The molecule has 64 valence electrons. The summed E-state index contributed by atoms with van der Waals surface area (Å²) in [5.41, 5.74) is 0.264. The topological polar surface area (TPSA) is 17.1 Å². The molecule has 0 aromatic carbocycles. The van der Waals surface area contributed by atoms with Crippen LogP contribution >= 0.6 is 15.9 Å². The second-order valence-electron chi connectivity index (χ2n) is 4.38. The van der Waals surface area contributed by atoms with Crippen molar-refractivity contribution in [2.45, 2.75) is 38.4 Å². The molecule has 11 heavy (non-hydrogen) atoms. The van der Waals surface area contributed by atoms with Crippen LogP contribution in [0.1, 0.15) is 33.6 Å². The maximum absolute atomic E-state index is 11.2. The number of carbonyl (C=O) groups is 1. The van der Waals surface area contributed by atoms with Gasteiger partial charge < -0.3 is 0 Å². The minimum atomic E-state index is 0.113. The van der Waals surface area contributed by atoms with Gasteiger partial charge >= 0.3 is 0 Å². The molecule has 2 heteroatoms. The summed E-state index contributed by atoms with van der Waals surface area (Å²) in [4.78, 5) is 11.3. The van der Waals surface area contributed by atoms with Crippen LogP contribution in [0.2, 0.25) is 0 Å². The molecule has 0 heterocycles. The van der Waals surface area contributed by atoms with Crippen molar-refractivity contribution in [3.8, 4) is 0 Å². The molecule has 1 rings (SSSR count). The first-order chi connectivity index (χ1) is 4.93. The summed E-state index contributed by atoms with van der Waals surface area (Å²) in [5.74, 6) is 0.903. The van der Waals surface area contributed by atoms with Crippen LogP contribution in [-0.4, -0.2) is 10.6 Å². The lowest BCUT2D eigenvalue weighted by atomic mass is 9.80. The highest BCUT2D eigenvalue weighted by Crippen LogP contribution is 2.41. The lowest BCUT2D eigenvalue weighted by molar-refractivity contribution is -0.117. The monoisotopic (exact) mass is 218 g/mol. The van der Waals surface area contributed by atoms with E-state index in [0.29, 0.717) is 11.7 Å². The maximum atomic E-state index is 11.2. The average molecular weight is 219 g/mol. The van der Waals surface area contributed by atoms with Crippen LogP contribution in [0.5, 0.6) is 0 Å². The highest BCUT2D eigenvalue weighted by molar-refractivity contribution is 9.10. The molecule has 0 amide bonds. The van der Waals surface area contributed by atoms with Gasteiger partial charge in [0.15, 0.2) is 0 Å². The second-order valence-corrected chi connectivity index (χ2v) is 5.37. The molecule has 1 saturated carbocycles. The third-order valence-corrected chi connectivity index (χ3v) is 3.62. The van der Waals surface area contributed by atoms with Gasteiger partial charge in [-0.05, 0) is 17.8 Å². The molecule has 0 aromatic rings. The summed E-state index contributed by atoms with van der Waals surface area (Å²) in [6, 6.07) is 0. The van der Waals surface area contributed by atoms with Gasteiger partial charge in [-0.15, -0.1) is 0 Å². The molecule has 1 aliphatic carbocycles. The standard InChI is InChI=1S/C9H15BrO/c1-9(2,3)6-4-5-7(11)8(6)10/h6,8H,4-5H2,1-3H3. The number of rotatable bonds is 0. The van der Waals surface area contributed by atoms with E-state index in [1.807, 2.05) is 0 Å². The molecule has 0 saturated heterocycles. The fraction of sp³-hybridized carbons (Fsp3) is 0.889. The summed E-state index contributed by atoms with van der Waals surface area (Å²) in [5, 5.41) is 0. The zero-order valence-corrected chi connectivity index (χ0v) is 8.94. The van der Waals surface area contributed by atoms with E-state index in [9.17, 15) is 4.79 Å². The van der Waals surface area contributed by atoms with Crippen molar-refractivity contribution in [2.75, 3.05) is 0 Å². The van der Waals surface area contributed by atoms with Gasteiger partial charge in [-0.1, -0.05) is 36.7 Å². The Morgan fingerprint density at radius 1 is 1.45 bits per heavy atom. The molecular formula is C9H15BrO. The number of alkyl halides is 1. The van der Waals surface area contributed by atoms with E-state index in [-0.39, 0.29) is 10.2 Å². The van der Waals surface area contributed by atoms with Crippen molar-refractivity contribution >= 4 is 21.7 Å². The van der Waals surface area contributed by atoms with Crippen molar-refractivity contribution in [3.05, 3.63) is 0 Å². The minimum Gasteiger partial charge on any atom is -0.298 e. The first-order valence-electron chi connectivity index (χ1n) is 4.09. The van der Waals surface area contributed by atoms with E-state index in [2.05, 4.69) is 36.7 Å². The van der Waals surface area contributed by atoms with Gasteiger partial charge in [-0.3, -0.25) is 4.79 Å². The Kier molecular flexibility index (Phi) is 2.43. The van der Waals surface area contributed by atoms with Crippen LogP contribution in [0, 0.1) is 11.3 Å². The number of Topliss-reactive ketones (excluding diaryl/α,β-unsaturated/α-hetero) is 1. The van der Waals surface area contributed by atoms with Crippen molar-refractivity contribution in [1.29, 1.82) is 0 Å². The van der Waals surface area contributed by atoms with E-state index < -0.39 is 0 Å². The van der Waals surface area contributed by atoms with Gasteiger partial charge in [0, 0.05) is 6.42 Å². The van der Waals surface area contributed by atoms with Crippen LogP contribution in [0.15, 0.2) is 0 Å². The number of carbonyl (C=O) groups excluding carboxylic acids is 1. The second kappa shape index (κ2) is 2.89. The van der Waals surface area contributed by atoms with Crippen molar-refractivity contribution in [1.82, 2.24) is 0 Å². The van der Waals surface area contributed by atoms with E-state index in [1.165, 1.54) is 0 Å². The lowest BCUT2D eigenvalue weighted by Crippen LogP contribution is -2.26. The van der Waals surface area contributed by atoms with E-state index in [4.69, 9.17) is 0 Å². The lowest BCUT2D eigenvalue weighted by Gasteiger charge is -2.28. The smallest absolute Gasteiger partial charge is 0.146 e. The number of ketones is 1. The zero-order valence-electron chi connectivity index (χ0n) is 7.36. The molecule has 1 nitrogen and oxygen atoms in total. The Balaban J connectivity index is 2.70. The first-order valence-corrected chi connectivity index (χ1v) is 5.01. The van der Waals surface area contributed by atoms with Gasteiger partial charge in [0.2, 0.25) is 0 Å². The molecule has 0 aliphatic heterocycles. The quantitative estimate of drug-likeness (QED) is 0.572. The minimum absolute atomic E-state index is 0.113. The van der Waals surface area contributed by atoms with Crippen LogP contribution in [0.4, 0.5) is 0 Å². The Morgan fingerprint density at radius 3 is 2.18 bits per heavy atom. The molecule has 2 atom stereocenters. The fourth-order valence-electron chi connectivity index (χ4n) is 1.68. The molecule has 1 aliphatic rings. The van der Waals surface area contributed by atoms with Crippen molar-refractivity contribution < 1.29 is 4.79 Å². The van der Waals surface area contributed by atoms with Crippen LogP contribution < -0.4 is 0 Å². The van der Waals surface area contributed by atoms with Crippen molar-refractivity contribution in [3.63, 3.8) is 0 Å². The Labute approximate surface area is 76.7 Å². The Hall–Kier alpha value is 0.150. The van der Waals surface area contributed by atoms with Crippen LogP contribution in [0.25, 0.3) is 0 Å². The van der Waals surface area contributed by atoms with Gasteiger partial charge in [0.25, 0.3) is 0 Å². The third-order valence-electron chi connectivity index (χ3n) is 2.47. The van der Waals surface area contributed by atoms with Crippen LogP contribution in [0.3, 0.4) is 0 Å². The highest BCUT2D eigenvalue weighted by Gasteiger charge is 2.39. The molecule has 2 unspecified atom stereocenters. The fourth-order valence-corrected chi connectivity index (χ4v) is 2.96. The van der Waals surface area contributed by atoms with Gasteiger partial charge in [0.05, 0.1) is 4.83 Å². The van der Waals surface area contributed by atoms with E-state index >= 15 is 0 Å². The summed E-state index contributed by atoms with van der Waals surface area (Å²) in [6.07, 6.45) is 1.82. The SMILES string of the molecule is CC(C)(C)C1CCC(=O)C1Br. The summed E-state index contributed by atoms with van der Waals surface area (Å²) < 4.78 is 0. The summed E-state index contributed by atoms with van der Waals surface area (Å²) >= 11 is 3.46. The zero-order chi connectivity index (χ0) is 8.65. The van der Waals surface area contributed by atoms with E-state index in [0.717, 1.165) is 12.8 Å². The molecule has 0 spiro atoms. The summed E-state index contributed by atoms with van der Waals surface area (Å²) in [7, 11) is 0. The first kappa shape index (κ1) is 9.24. The number of hydrogen-bond donors (Lipinski definition) is 0. The van der Waals surface area contributed by atoms with Gasteiger partial charge in [-0.2, -0.15) is 0 Å². The average Bonchev–Trinajstić information content (AvgIpc) is 2.11. The predicted molar refractivity (Wildman–Crippen MR) is 49.9 cm³/mol. The normalized spacial score (nSPS) is 32.9. The molecule has 0 bridgehead atoms. The number of halogens is 1. The molecule has 1 fully saturated rings. The van der Waals surface area contributed by atoms with Crippen LogP contribution in [-0.2, 0) is 4.79 Å². The summed E-state index contributed by atoms with van der Waals surface area (Å²) in [6.45, 7) is 6.60. The Morgan fingerprint density at radius 2 is 2.00 bits per heavy atom. The largest absolute Gasteiger partial charge is 0.298 e. The maximum Gasteiger partial charge on any atom is 0.146 e. The predicted octanol–water partition coefficient (Wildman–Crippen LogP) is 2.78. The van der Waals surface area contributed by atoms with Crippen molar-refractivity contribution in [2.24, 2.45) is 11.3 Å². The molecular weight excluding hydrogens is 204 g/mol. The Bertz CT molecular complexity index is 169. The third kappa shape index (κ3) is 1.84. The highest BCUT2D eigenvalue weighted by atomic mass is 79.9. The van der Waals surface area contributed by atoms with Gasteiger partial charge in [0.1, 0.15) is 5.78 Å².